The number of carbonyl (C=O) groups is 1. The lowest BCUT2D eigenvalue weighted by Crippen LogP contribution is -2.13. The average Bonchev–Trinajstić information content (AvgIpc) is 2.60. The Balaban J connectivity index is 2.21. The van der Waals surface area contributed by atoms with Crippen LogP contribution in [0.25, 0.3) is 0 Å². The summed E-state index contributed by atoms with van der Waals surface area (Å²) in [5.74, 6) is 0.825. The smallest absolute Gasteiger partial charge is 0.255 e. The van der Waals surface area contributed by atoms with Crippen molar-refractivity contribution in [3.05, 3.63) is 52.5 Å². The summed E-state index contributed by atoms with van der Waals surface area (Å²) < 4.78 is 11.0. The molecule has 0 spiro atoms. The van der Waals surface area contributed by atoms with E-state index in [9.17, 15) is 4.79 Å². The zero-order valence-electron chi connectivity index (χ0n) is 14.3. The molecule has 0 fully saturated rings. The van der Waals surface area contributed by atoms with Crippen LogP contribution in [0.5, 0.6) is 11.5 Å². The van der Waals surface area contributed by atoms with Gasteiger partial charge >= 0.3 is 0 Å². The third-order valence-corrected chi connectivity index (χ3v) is 3.61. The van der Waals surface area contributed by atoms with Gasteiger partial charge in [-0.15, -0.1) is 0 Å². The minimum absolute atomic E-state index is 0.310. The van der Waals surface area contributed by atoms with Crippen LogP contribution in [-0.4, -0.2) is 19.6 Å². The molecule has 0 atom stereocenters. The van der Waals surface area contributed by atoms with Crippen LogP contribution in [0.1, 0.15) is 29.8 Å². The molecule has 5 nitrogen and oxygen atoms in total. The monoisotopic (exact) mass is 358 g/mol. The number of halogens is 1. The second kappa shape index (κ2) is 8.41. The van der Waals surface area contributed by atoms with Crippen molar-refractivity contribution in [3.63, 3.8) is 0 Å². The number of nitrogens with one attached hydrogen (secondary N) is 1. The Bertz CT molecular complexity index is 796. The Hall–Kier alpha value is -2.71. The number of methoxy groups -OCH3 is 1. The third kappa shape index (κ3) is 4.88. The van der Waals surface area contributed by atoms with E-state index in [-0.39, 0.29) is 5.91 Å². The van der Waals surface area contributed by atoms with E-state index >= 15 is 0 Å². The number of carbonyl (C=O) groups excluding carboxylic acids is 1. The predicted molar refractivity (Wildman–Crippen MR) is 97.4 cm³/mol. The molecule has 1 amide bonds. The van der Waals surface area contributed by atoms with Gasteiger partial charge in [-0.05, 0) is 42.3 Å². The molecule has 0 aliphatic heterocycles. The minimum Gasteiger partial charge on any atom is -0.493 e. The molecule has 2 aromatic rings. The molecule has 25 heavy (non-hydrogen) atoms. The highest BCUT2D eigenvalue weighted by Crippen LogP contribution is 2.36. The van der Waals surface area contributed by atoms with Crippen LogP contribution in [0.4, 0.5) is 5.69 Å². The Morgan fingerprint density at radius 3 is 2.52 bits per heavy atom. The first kappa shape index (κ1) is 18.6. The van der Waals surface area contributed by atoms with Gasteiger partial charge in [-0.3, -0.25) is 4.79 Å². The molecule has 0 aromatic heterocycles. The third-order valence-electron chi connectivity index (χ3n) is 3.32. The summed E-state index contributed by atoms with van der Waals surface area (Å²) in [5, 5.41) is 11.9. The Morgan fingerprint density at radius 2 is 1.96 bits per heavy atom. The number of hydrogen-bond acceptors (Lipinski definition) is 4. The largest absolute Gasteiger partial charge is 0.493 e. The van der Waals surface area contributed by atoms with Crippen LogP contribution in [0.2, 0.25) is 5.02 Å². The summed E-state index contributed by atoms with van der Waals surface area (Å²) in [5.41, 5.74) is 1.46. The summed E-state index contributed by atoms with van der Waals surface area (Å²) in [6.45, 7) is 4.55. The summed E-state index contributed by atoms with van der Waals surface area (Å²) in [7, 11) is 1.50. The lowest BCUT2D eigenvalue weighted by molar-refractivity contribution is 0.102. The summed E-state index contributed by atoms with van der Waals surface area (Å²) in [6, 6.07) is 11.7. The Labute approximate surface area is 152 Å². The van der Waals surface area contributed by atoms with Gasteiger partial charge in [-0.2, -0.15) is 5.26 Å². The lowest BCUT2D eigenvalue weighted by Gasteiger charge is -2.15. The van der Waals surface area contributed by atoms with Crippen molar-refractivity contribution < 1.29 is 14.3 Å². The van der Waals surface area contributed by atoms with E-state index in [1.165, 1.54) is 7.11 Å². The standard InChI is InChI=1S/C19H19ClN2O3/c1-12(2)11-25-18-16(20)8-14(9-17(18)24-3)19(23)22-15-6-4-13(10-21)5-7-15/h4-9,12H,11H2,1-3H3,(H,22,23). The second-order valence-electron chi connectivity index (χ2n) is 5.84. The van der Waals surface area contributed by atoms with Gasteiger partial charge in [0.1, 0.15) is 0 Å². The van der Waals surface area contributed by atoms with Gasteiger partial charge in [-0.25, -0.2) is 0 Å². The highest BCUT2D eigenvalue weighted by atomic mass is 35.5. The summed E-state index contributed by atoms with van der Waals surface area (Å²) >= 11 is 6.26. The fraction of sp³-hybridized carbons (Fsp3) is 0.263. The number of ether oxygens (including phenoxy) is 2. The average molecular weight is 359 g/mol. The molecule has 0 saturated heterocycles. The molecule has 1 N–H and O–H groups in total. The van der Waals surface area contributed by atoms with Gasteiger partial charge < -0.3 is 14.8 Å². The summed E-state index contributed by atoms with van der Waals surface area (Å²) in [6.07, 6.45) is 0. The van der Waals surface area contributed by atoms with Crippen LogP contribution in [0.3, 0.4) is 0 Å². The molecular weight excluding hydrogens is 340 g/mol. The van der Waals surface area contributed by atoms with Crippen LogP contribution in [0, 0.1) is 17.2 Å². The molecule has 2 rings (SSSR count). The van der Waals surface area contributed by atoms with Crippen LogP contribution in [-0.2, 0) is 0 Å². The zero-order chi connectivity index (χ0) is 18.4. The van der Waals surface area contributed by atoms with Crippen molar-refractivity contribution in [1.82, 2.24) is 0 Å². The van der Waals surface area contributed by atoms with Gasteiger partial charge in [0.25, 0.3) is 5.91 Å². The van der Waals surface area contributed by atoms with Gasteiger partial charge in [0.2, 0.25) is 0 Å². The van der Waals surface area contributed by atoms with E-state index < -0.39 is 0 Å². The Morgan fingerprint density at radius 1 is 1.28 bits per heavy atom. The molecule has 0 unspecified atom stereocenters. The predicted octanol–water partition coefficient (Wildman–Crippen LogP) is 4.51. The van der Waals surface area contributed by atoms with Crippen molar-refractivity contribution in [2.24, 2.45) is 5.92 Å². The van der Waals surface area contributed by atoms with Gasteiger partial charge in [0.05, 0.1) is 30.4 Å². The SMILES string of the molecule is COc1cc(C(=O)Nc2ccc(C#N)cc2)cc(Cl)c1OCC(C)C. The van der Waals surface area contributed by atoms with E-state index in [4.69, 9.17) is 26.3 Å². The van der Waals surface area contributed by atoms with Crippen molar-refractivity contribution >= 4 is 23.2 Å². The molecule has 0 radical (unpaired) electrons. The summed E-state index contributed by atoms with van der Waals surface area (Å²) in [4.78, 5) is 12.4. The number of benzene rings is 2. The van der Waals surface area contributed by atoms with Crippen molar-refractivity contribution in [2.75, 3.05) is 19.0 Å². The quantitative estimate of drug-likeness (QED) is 0.824. The van der Waals surface area contributed by atoms with Crippen LogP contribution in [0.15, 0.2) is 36.4 Å². The highest BCUT2D eigenvalue weighted by molar-refractivity contribution is 6.32. The van der Waals surface area contributed by atoms with Gasteiger partial charge in [0, 0.05) is 11.3 Å². The van der Waals surface area contributed by atoms with Crippen molar-refractivity contribution in [2.45, 2.75) is 13.8 Å². The zero-order valence-corrected chi connectivity index (χ0v) is 15.1. The number of rotatable bonds is 6. The maximum Gasteiger partial charge on any atom is 0.255 e. The number of nitriles is 1. The second-order valence-corrected chi connectivity index (χ2v) is 6.24. The minimum atomic E-state index is -0.333. The topological polar surface area (TPSA) is 71.3 Å². The normalized spacial score (nSPS) is 10.2. The Kier molecular flexibility index (Phi) is 6.26. The number of anilines is 1. The van der Waals surface area contributed by atoms with Crippen molar-refractivity contribution in [1.29, 1.82) is 5.26 Å². The van der Waals surface area contributed by atoms with E-state index in [0.29, 0.717) is 45.9 Å². The van der Waals surface area contributed by atoms with Gasteiger partial charge in [-0.1, -0.05) is 25.4 Å². The van der Waals surface area contributed by atoms with Crippen LogP contribution >= 0.6 is 11.6 Å². The van der Waals surface area contributed by atoms with E-state index in [2.05, 4.69) is 5.32 Å². The fourth-order valence-corrected chi connectivity index (χ4v) is 2.34. The first-order valence-corrected chi connectivity index (χ1v) is 8.14. The molecular formula is C19H19ClN2O3. The lowest BCUT2D eigenvalue weighted by atomic mass is 10.1. The number of nitrogens with zero attached hydrogens (tertiary/aromatic N) is 1. The van der Waals surface area contributed by atoms with Crippen molar-refractivity contribution in [3.8, 4) is 17.6 Å². The molecule has 0 aliphatic carbocycles. The molecule has 6 heteroatoms. The highest BCUT2D eigenvalue weighted by Gasteiger charge is 2.16. The van der Waals surface area contributed by atoms with E-state index in [1.807, 2.05) is 19.9 Å². The molecule has 0 heterocycles. The molecule has 0 bridgehead atoms. The molecule has 0 saturated carbocycles. The fourth-order valence-electron chi connectivity index (χ4n) is 2.07. The first-order valence-electron chi connectivity index (χ1n) is 7.76. The van der Waals surface area contributed by atoms with E-state index in [0.717, 1.165) is 0 Å². The number of hydrogen-bond donors (Lipinski definition) is 1. The molecule has 0 aliphatic rings. The van der Waals surface area contributed by atoms with Gasteiger partial charge in [0.15, 0.2) is 11.5 Å². The van der Waals surface area contributed by atoms with E-state index in [1.54, 1.807) is 36.4 Å². The first-order chi connectivity index (χ1) is 11.9. The van der Waals surface area contributed by atoms with Crippen LogP contribution < -0.4 is 14.8 Å². The molecule has 130 valence electrons. The number of amides is 1. The molecule has 2 aromatic carbocycles. The maximum absolute atomic E-state index is 12.4. The maximum atomic E-state index is 12.4.